The van der Waals surface area contributed by atoms with E-state index >= 15 is 0 Å². The number of ether oxygens (including phenoxy) is 2. The van der Waals surface area contributed by atoms with Crippen LogP contribution in [0.2, 0.25) is 0 Å². The Labute approximate surface area is 167 Å². The van der Waals surface area contributed by atoms with Gasteiger partial charge in [-0.2, -0.15) is 0 Å². The predicted molar refractivity (Wildman–Crippen MR) is 110 cm³/mol. The predicted octanol–water partition coefficient (Wildman–Crippen LogP) is 3.20. The molecule has 1 amide bonds. The van der Waals surface area contributed by atoms with Gasteiger partial charge >= 0.3 is 0 Å². The van der Waals surface area contributed by atoms with Crippen molar-refractivity contribution in [2.75, 3.05) is 32.8 Å². The summed E-state index contributed by atoms with van der Waals surface area (Å²) < 4.78 is 11.4. The van der Waals surface area contributed by atoms with Gasteiger partial charge in [-0.15, -0.1) is 0 Å². The minimum atomic E-state index is -0.543. The van der Waals surface area contributed by atoms with Crippen molar-refractivity contribution in [2.45, 2.75) is 32.5 Å². The second-order valence-electron chi connectivity index (χ2n) is 7.29. The fourth-order valence-electron chi connectivity index (χ4n) is 3.47. The number of benzene rings is 2. The molecular formula is C23H30N2O3. The highest BCUT2D eigenvalue weighted by atomic mass is 16.5. The molecule has 0 radical (unpaired) electrons. The molecule has 0 N–H and O–H groups in total. The van der Waals surface area contributed by atoms with E-state index in [1.165, 1.54) is 0 Å². The first kappa shape index (κ1) is 20.4. The molecule has 2 unspecified atom stereocenters. The zero-order valence-electron chi connectivity index (χ0n) is 16.8. The maximum atomic E-state index is 13.3. The van der Waals surface area contributed by atoms with Gasteiger partial charge in [0, 0.05) is 32.2 Å². The highest BCUT2D eigenvalue weighted by molar-refractivity contribution is 5.81. The van der Waals surface area contributed by atoms with E-state index < -0.39 is 6.10 Å². The maximum Gasteiger partial charge on any atom is 0.263 e. The van der Waals surface area contributed by atoms with Crippen LogP contribution in [-0.4, -0.2) is 60.7 Å². The minimum absolute atomic E-state index is 0.00784. The summed E-state index contributed by atoms with van der Waals surface area (Å²) in [6.45, 7) is 8.69. The topological polar surface area (TPSA) is 42.0 Å². The van der Waals surface area contributed by atoms with E-state index in [-0.39, 0.29) is 11.9 Å². The zero-order chi connectivity index (χ0) is 19.8. The van der Waals surface area contributed by atoms with Crippen molar-refractivity contribution in [3.63, 3.8) is 0 Å². The van der Waals surface area contributed by atoms with Crippen molar-refractivity contribution in [3.8, 4) is 5.75 Å². The fraction of sp³-hybridized carbons (Fsp3) is 0.435. The van der Waals surface area contributed by atoms with E-state index in [9.17, 15) is 4.79 Å². The van der Waals surface area contributed by atoms with Gasteiger partial charge in [0.1, 0.15) is 5.75 Å². The summed E-state index contributed by atoms with van der Waals surface area (Å²) in [4.78, 5) is 17.6. The lowest BCUT2D eigenvalue weighted by atomic mass is 10.1. The number of rotatable bonds is 8. The van der Waals surface area contributed by atoms with Crippen LogP contribution in [0.1, 0.15) is 19.4 Å². The van der Waals surface area contributed by atoms with Crippen molar-refractivity contribution >= 4 is 5.91 Å². The van der Waals surface area contributed by atoms with Crippen LogP contribution in [-0.2, 0) is 16.1 Å². The number of nitrogens with zero attached hydrogens (tertiary/aromatic N) is 2. The van der Waals surface area contributed by atoms with Crippen LogP contribution in [0.4, 0.5) is 0 Å². The first-order chi connectivity index (χ1) is 13.6. The molecule has 1 heterocycles. The summed E-state index contributed by atoms with van der Waals surface area (Å²) >= 11 is 0. The fourth-order valence-corrected chi connectivity index (χ4v) is 3.47. The van der Waals surface area contributed by atoms with Gasteiger partial charge in [-0.25, -0.2) is 0 Å². The van der Waals surface area contributed by atoms with Crippen molar-refractivity contribution in [1.82, 2.24) is 9.80 Å². The van der Waals surface area contributed by atoms with Gasteiger partial charge in [0.25, 0.3) is 5.91 Å². The summed E-state index contributed by atoms with van der Waals surface area (Å²) in [5, 5.41) is 0. The minimum Gasteiger partial charge on any atom is -0.481 e. The number of carbonyl (C=O) groups excluding carboxylic acids is 1. The van der Waals surface area contributed by atoms with Crippen LogP contribution in [0.15, 0.2) is 60.7 Å². The first-order valence-corrected chi connectivity index (χ1v) is 9.99. The largest absolute Gasteiger partial charge is 0.481 e. The monoisotopic (exact) mass is 382 g/mol. The number of morpholine rings is 1. The maximum absolute atomic E-state index is 13.3. The number of amides is 1. The third-order valence-corrected chi connectivity index (χ3v) is 5.04. The van der Waals surface area contributed by atoms with Crippen LogP contribution in [0.3, 0.4) is 0 Å². The lowest BCUT2D eigenvalue weighted by Crippen LogP contribution is -2.50. The van der Waals surface area contributed by atoms with E-state index in [2.05, 4.69) is 24.0 Å². The van der Waals surface area contributed by atoms with Crippen LogP contribution in [0, 0.1) is 0 Å². The van der Waals surface area contributed by atoms with Gasteiger partial charge in [0.2, 0.25) is 0 Å². The Morgan fingerprint density at radius 1 is 1.04 bits per heavy atom. The van der Waals surface area contributed by atoms with Gasteiger partial charge in [-0.1, -0.05) is 48.5 Å². The smallest absolute Gasteiger partial charge is 0.263 e. The Morgan fingerprint density at radius 3 is 2.29 bits per heavy atom. The van der Waals surface area contributed by atoms with Gasteiger partial charge in [-0.05, 0) is 31.5 Å². The van der Waals surface area contributed by atoms with E-state index in [4.69, 9.17) is 9.47 Å². The highest BCUT2D eigenvalue weighted by Gasteiger charge is 2.28. The van der Waals surface area contributed by atoms with Crippen molar-refractivity contribution in [1.29, 1.82) is 0 Å². The van der Waals surface area contributed by atoms with E-state index in [1.54, 1.807) is 0 Å². The number of hydrogen-bond acceptors (Lipinski definition) is 4. The molecule has 1 aliphatic rings. The second kappa shape index (κ2) is 10.2. The van der Waals surface area contributed by atoms with Crippen LogP contribution < -0.4 is 4.74 Å². The summed E-state index contributed by atoms with van der Waals surface area (Å²) in [6.07, 6.45) is -0.543. The second-order valence-corrected chi connectivity index (χ2v) is 7.29. The first-order valence-electron chi connectivity index (χ1n) is 9.99. The summed E-state index contributed by atoms with van der Waals surface area (Å²) in [7, 11) is 0. The van der Waals surface area contributed by atoms with Crippen LogP contribution in [0.25, 0.3) is 0 Å². The summed E-state index contributed by atoms with van der Waals surface area (Å²) in [5.41, 5.74) is 1.12. The Kier molecular flexibility index (Phi) is 7.46. The molecule has 150 valence electrons. The summed E-state index contributed by atoms with van der Waals surface area (Å²) in [5.74, 6) is 0.720. The third-order valence-electron chi connectivity index (χ3n) is 5.04. The molecule has 0 spiro atoms. The molecule has 1 saturated heterocycles. The normalized spacial score (nSPS) is 16.9. The van der Waals surface area contributed by atoms with Crippen molar-refractivity contribution < 1.29 is 14.3 Å². The quantitative estimate of drug-likeness (QED) is 0.703. The van der Waals surface area contributed by atoms with E-state index in [0.717, 1.165) is 38.4 Å². The molecule has 28 heavy (non-hydrogen) atoms. The molecule has 5 heteroatoms. The van der Waals surface area contributed by atoms with E-state index in [1.807, 2.05) is 60.4 Å². The van der Waals surface area contributed by atoms with Crippen LogP contribution >= 0.6 is 0 Å². The molecule has 1 aliphatic heterocycles. The molecule has 0 aliphatic carbocycles. The highest BCUT2D eigenvalue weighted by Crippen LogP contribution is 2.16. The molecule has 0 bridgehead atoms. The van der Waals surface area contributed by atoms with Crippen molar-refractivity contribution in [3.05, 3.63) is 66.2 Å². The molecule has 0 saturated carbocycles. The van der Waals surface area contributed by atoms with Crippen LogP contribution in [0.5, 0.6) is 5.75 Å². The van der Waals surface area contributed by atoms with E-state index in [0.29, 0.717) is 12.3 Å². The Bertz CT molecular complexity index is 717. The lowest BCUT2D eigenvalue weighted by Gasteiger charge is -2.36. The molecule has 5 nitrogen and oxygen atoms in total. The molecule has 2 aromatic rings. The molecule has 0 aromatic heterocycles. The Balaban J connectivity index is 1.71. The number of hydrogen-bond donors (Lipinski definition) is 0. The Hall–Kier alpha value is -2.37. The standard InChI is InChI=1S/C23H30N2O3/c1-19(17-24-13-15-27-16-14-24)25(18-21-9-5-3-6-10-21)23(26)20(2)28-22-11-7-4-8-12-22/h3-12,19-20H,13-18H2,1-2H3. The Morgan fingerprint density at radius 2 is 1.64 bits per heavy atom. The lowest BCUT2D eigenvalue weighted by molar-refractivity contribution is -0.141. The molecule has 2 atom stereocenters. The molecule has 1 fully saturated rings. The van der Waals surface area contributed by atoms with Crippen molar-refractivity contribution in [2.24, 2.45) is 0 Å². The molecule has 2 aromatic carbocycles. The van der Waals surface area contributed by atoms with Gasteiger partial charge in [-0.3, -0.25) is 9.69 Å². The van der Waals surface area contributed by atoms with Gasteiger partial charge in [0.15, 0.2) is 6.10 Å². The summed E-state index contributed by atoms with van der Waals surface area (Å²) in [6, 6.07) is 19.7. The van der Waals surface area contributed by atoms with Gasteiger partial charge < -0.3 is 14.4 Å². The third kappa shape index (κ3) is 5.81. The number of carbonyl (C=O) groups is 1. The van der Waals surface area contributed by atoms with Gasteiger partial charge in [0.05, 0.1) is 13.2 Å². The average molecular weight is 383 g/mol. The zero-order valence-corrected chi connectivity index (χ0v) is 16.8. The number of para-hydroxylation sites is 1. The molecule has 3 rings (SSSR count). The average Bonchev–Trinajstić information content (AvgIpc) is 2.73. The molecular weight excluding hydrogens is 352 g/mol. The SMILES string of the molecule is CC(Oc1ccccc1)C(=O)N(Cc1ccccc1)C(C)CN1CCOCC1.